The quantitative estimate of drug-likeness (QED) is 0.323. The minimum Gasteiger partial charge on any atom is -0.497 e. The van der Waals surface area contributed by atoms with Crippen molar-refractivity contribution in [2.75, 3.05) is 17.1 Å². The van der Waals surface area contributed by atoms with Crippen molar-refractivity contribution in [3.8, 4) is 5.75 Å². The van der Waals surface area contributed by atoms with Crippen LogP contribution in [0.4, 0.5) is 11.4 Å². The molecule has 0 atom stereocenters. The predicted octanol–water partition coefficient (Wildman–Crippen LogP) is 3.44. The topological polar surface area (TPSA) is 109 Å². The molecule has 3 rings (SSSR count). The summed E-state index contributed by atoms with van der Waals surface area (Å²) in [6.45, 7) is 1.87. The van der Waals surface area contributed by atoms with Crippen LogP contribution < -0.4 is 25.6 Å². The van der Waals surface area contributed by atoms with Gasteiger partial charge in [0.25, 0.3) is 15.9 Å². The second-order valence-electron chi connectivity index (χ2n) is 6.73. The number of carbonyl (C=O) groups excluding carboxylic acids is 1. The Kier molecular flexibility index (Phi) is 7.29. The van der Waals surface area contributed by atoms with Gasteiger partial charge >= 0.3 is 0 Å². The highest BCUT2D eigenvalue weighted by atomic mass is 32.2. The van der Waals surface area contributed by atoms with Crippen LogP contribution in [0.1, 0.15) is 15.9 Å². The van der Waals surface area contributed by atoms with Gasteiger partial charge in [-0.3, -0.25) is 20.4 Å². The van der Waals surface area contributed by atoms with Crippen LogP contribution in [0, 0.1) is 6.92 Å². The van der Waals surface area contributed by atoms with Gasteiger partial charge in [-0.05, 0) is 67.7 Å². The van der Waals surface area contributed by atoms with E-state index < -0.39 is 15.9 Å². The fourth-order valence-corrected chi connectivity index (χ4v) is 3.96. The van der Waals surface area contributed by atoms with E-state index in [0.29, 0.717) is 11.4 Å². The highest BCUT2D eigenvalue weighted by molar-refractivity contribution is 7.92. The third-order valence-electron chi connectivity index (χ3n) is 4.38. The number of methoxy groups -OCH3 is 1. The van der Waals surface area contributed by atoms with Crippen LogP contribution in [0.15, 0.2) is 77.7 Å². The maximum absolute atomic E-state index is 12.7. The Morgan fingerprint density at radius 3 is 2.22 bits per heavy atom. The van der Waals surface area contributed by atoms with Crippen molar-refractivity contribution in [2.45, 2.75) is 11.8 Å². The molecule has 0 aliphatic carbocycles. The molecule has 8 nitrogen and oxygen atoms in total. The molecule has 10 heteroatoms. The SMILES string of the molecule is COc1ccc(NC(=S)NNC(=O)c2ccccc2NS(=O)(=O)c2ccc(C)cc2)cc1. The third-order valence-corrected chi connectivity index (χ3v) is 5.97. The van der Waals surface area contributed by atoms with Crippen LogP contribution >= 0.6 is 12.2 Å². The maximum atomic E-state index is 12.7. The molecule has 166 valence electrons. The Labute approximate surface area is 192 Å². The van der Waals surface area contributed by atoms with Crippen LogP contribution in [0.2, 0.25) is 0 Å². The van der Waals surface area contributed by atoms with Crippen molar-refractivity contribution in [1.29, 1.82) is 0 Å². The van der Waals surface area contributed by atoms with Crippen LogP contribution in [0.25, 0.3) is 0 Å². The van der Waals surface area contributed by atoms with Crippen molar-refractivity contribution in [3.63, 3.8) is 0 Å². The summed E-state index contributed by atoms with van der Waals surface area (Å²) >= 11 is 5.18. The average Bonchev–Trinajstić information content (AvgIpc) is 2.78. The first-order valence-corrected chi connectivity index (χ1v) is 11.4. The smallest absolute Gasteiger partial charge is 0.271 e. The van der Waals surface area contributed by atoms with Crippen molar-refractivity contribution in [1.82, 2.24) is 10.9 Å². The lowest BCUT2D eigenvalue weighted by Gasteiger charge is -2.15. The van der Waals surface area contributed by atoms with E-state index in [1.807, 2.05) is 6.92 Å². The molecule has 0 unspecified atom stereocenters. The summed E-state index contributed by atoms with van der Waals surface area (Å²) in [5.74, 6) is 0.138. The van der Waals surface area contributed by atoms with E-state index >= 15 is 0 Å². The molecule has 1 amide bonds. The number of ether oxygens (including phenoxy) is 1. The van der Waals surface area contributed by atoms with Crippen molar-refractivity contribution in [2.24, 2.45) is 0 Å². The molecular formula is C22H22N4O4S2. The van der Waals surface area contributed by atoms with E-state index in [1.54, 1.807) is 55.6 Å². The van der Waals surface area contributed by atoms with E-state index in [2.05, 4.69) is 20.9 Å². The molecule has 0 fully saturated rings. The first-order valence-electron chi connectivity index (χ1n) is 9.48. The first kappa shape index (κ1) is 23.0. The summed E-state index contributed by atoms with van der Waals surface area (Å²) in [5.41, 5.74) is 6.97. The van der Waals surface area contributed by atoms with Crippen LogP contribution in [-0.2, 0) is 10.0 Å². The molecule has 0 aromatic heterocycles. The monoisotopic (exact) mass is 470 g/mol. The number of sulfonamides is 1. The lowest BCUT2D eigenvalue weighted by molar-refractivity contribution is 0.0945. The standard InChI is InChI=1S/C22H22N4O4S2/c1-15-7-13-18(14-8-15)32(28,29)26-20-6-4-3-5-19(20)21(27)24-25-22(31)23-16-9-11-17(30-2)12-10-16/h3-14,26H,1-2H3,(H,24,27)(H2,23,25,31). The molecule has 0 heterocycles. The molecule has 32 heavy (non-hydrogen) atoms. The number of para-hydroxylation sites is 1. The molecule has 4 N–H and O–H groups in total. The van der Waals surface area contributed by atoms with Gasteiger partial charge in [0.05, 0.1) is 23.3 Å². The van der Waals surface area contributed by atoms with Crippen molar-refractivity contribution < 1.29 is 17.9 Å². The molecule has 3 aromatic carbocycles. The second-order valence-corrected chi connectivity index (χ2v) is 8.82. The first-order chi connectivity index (χ1) is 15.3. The minimum absolute atomic E-state index is 0.0984. The zero-order chi connectivity index (χ0) is 23.1. The molecule has 0 radical (unpaired) electrons. The minimum atomic E-state index is -3.86. The van der Waals surface area contributed by atoms with Gasteiger partial charge in [0.1, 0.15) is 5.75 Å². The van der Waals surface area contributed by atoms with Gasteiger partial charge in [0, 0.05) is 5.69 Å². The molecule has 3 aromatic rings. The molecule has 0 bridgehead atoms. The molecule has 0 saturated heterocycles. The molecule has 0 aliphatic heterocycles. The van der Waals surface area contributed by atoms with Crippen LogP contribution in [-0.4, -0.2) is 26.5 Å². The second kappa shape index (κ2) is 10.1. The number of hydrogen-bond donors (Lipinski definition) is 4. The van der Waals surface area contributed by atoms with Gasteiger partial charge in [0.15, 0.2) is 5.11 Å². The lowest BCUT2D eigenvalue weighted by Crippen LogP contribution is -2.44. The number of thiocarbonyl (C=S) groups is 1. The Hall–Kier alpha value is -3.63. The van der Waals surface area contributed by atoms with Gasteiger partial charge in [0.2, 0.25) is 0 Å². The van der Waals surface area contributed by atoms with Gasteiger partial charge in [-0.25, -0.2) is 8.42 Å². The van der Waals surface area contributed by atoms with Crippen LogP contribution in [0.3, 0.4) is 0 Å². The number of hydrogen-bond acceptors (Lipinski definition) is 5. The van der Waals surface area contributed by atoms with Crippen molar-refractivity contribution >= 4 is 44.6 Å². The molecule has 0 spiro atoms. The van der Waals surface area contributed by atoms with Crippen LogP contribution in [0.5, 0.6) is 5.75 Å². The zero-order valence-electron chi connectivity index (χ0n) is 17.4. The summed E-state index contributed by atoms with van der Waals surface area (Å²) < 4.78 is 33.0. The Morgan fingerprint density at radius 2 is 1.56 bits per heavy atom. The summed E-state index contributed by atoms with van der Waals surface area (Å²) in [6.07, 6.45) is 0. The lowest BCUT2D eigenvalue weighted by atomic mass is 10.2. The Bertz CT molecular complexity index is 1210. The number of rotatable bonds is 6. The van der Waals surface area contributed by atoms with E-state index in [1.165, 1.54) is 24.3 Å². The van der Waals surface area contributed by atoms with E-state index in [9.17, 15) is 13.2 Å². The maximum Gasteiger partial charge on any atom is 0.271 e. The summed E-state index contributed by atoms with van der Waals surface area (Å²) in [6, 6.07) is 19.8. The zero-order valence-corrected chi connectivity index (χ0v) is 19.0. The number of amides is 1. The van der Waals surface area contributed by atoms with Crippen molar-refractivity contribution in [3.05, 3.63) is 83.9 Å². The normalized spacial score (nSPS) is 10.7. The number of nitrogens with one attached hydrogen (secondary N) is 4. The van der Waals surface area contributed by atoms with E-state index in [4.69, 9.17) is 17.0 Å². The fourth-order valence-electron chi connectivity index (χ4n) is 2.71. The highest BCUT2D eigenvalue weighted by Crippen LogP contribution is 2.20. The van der Waals surface area contributed by atoms with Gasteiger partial charge < -0.3 is 10.1 Å². The fraction of sp³-hybridized carbons (Fsp3) is 0.0909. The number of aryl methyl sites for hydroxylation is 1. The van der Waals surface area contributed by atoms with E-state index in [-0.39, 0.29) is 21.3 Å². The summed E-state index contributed by atoms with van der Waals surface area (Å²) in [5, 5.41) is 3.07. The largest absolute Gasteiger partial charge is 0.497 e. The summed E-state index contributed by atoms with van der Waals surface area (Å²) in [4.78, 5) is 12.8. The van der Waals surface area contributed by atoms with Gasteiger partial charge in [-0.1, -0.05) is 29.8 Å². The molecule has 0 aliphatic rings. The highest BCUT2D eigenvalue weighted by Gasteiger charge is 2.18. The van der Waals surface area contributed by atoms with Gasteiger partial charge in [-0.15, -0.1) is 0 Å². The number of anilines is 2. The Balaban J connectivity index is 1.65. The predicted molar refractivity (Wildman–Crippen MR) is 128 cm³/mol. The Morgan fingerprint density at radius 1 is 0.906 bits per heavy atom. The molecule has 0 saturated carbocycles. The summed E-state index contributed by atoms with van der Waals surface area (Å²) in [7, 11) is -2.29. The van der Waals surface area contributed by atoms with E-state index in [0.717, 1.165) is 5.56 Å². The number of benzene rings is 3. The van der Waals surface area contributed by atoms with Gasteiger partial charge in [-0.2, -0.15) is 0 Å². The number of hydrazine groups is 1. The molecular weight excluding hydrogens is 448 g/mol. The average molecular weight is 471 g/mol. The number of carbonyl (C=O) groups is 1. The third kappa shape index (κ3) is 5.96.